The van der Waals surface area contributed by atoms with Gasteiger partial charge in [0.05, 0.1) is 0 Å². The van der Waals surface area contributed by atoms with Crippen molar-refractivity contribution in [3.63, 3.8) is 0 Å². The van der Waals surface area contributed by atoms with Crippen LogP contribution in [0.15, 0.2) is 22.6 Å². The molecule has 0 spiro atoms. The molecule has 0 amide bonds. The molecule has 2 rings (SSSR count). The van der Waals surface area contributed by atoms with Gasteiger partial charge in [-0.05, 0) is 19.1 Å². The fourth-order valence-electron chi connectivity index (χ4n) is 1.19. The van der Waals surface area contributed by atoms with Gasteiger partial charge in [-0.1, -0.05) is 0 Å². The van der Waals surface area contributed by atoms with Gasteiger partial charge in [-0.25, -0.2) is 8.78 Å². The Morgan fingerprint density at radius 3 is 2.31 bits per heavy atom. The largest absolute Gasteiger partial charge is 0.419 e. The van der Waals surface area contributed by atoms with Crippen molar-refractivity contribution in [2.75, 3.05) is 0 Å². The van der Waals surface area contributed by atoms with E-state index in [4.69, 9.17) is 16.0 Å². The predicted molar refractivity (Wildman–Crippen MR) is 53.9 cm³/mol. The number of nitrogens with zero attached hydrogens (tertiary/aromatic N) is 2. The quantitative estimate of drug-likeness (QED) is 0.761. The van der Waals surface area contributed by atoms with Gasteiger partial charge in [0.25, 0.3) is 0 Å². The summed E-state index contributed by atoms with van der Waals surface area (Å²) in [4.78, 5) is 0. The number of benzene rings is 1. The smallest absolute Gasteiger partial charge is 0.248 e. The summed E-state index contributed by atoms with van der Waals surface area (Å²) < 4.78 is 31.0. The zero-order chi connectivity index (χ0) is 11.7. The van der Waals surface area contributed by atoms with Crippen LogP contribution in [0.5, 0.6) is 0 Å². The van der Waals surface area contributed by atoms with Gasteiger partial charge in [0.2, 0.25) is 11.8 Å². The van der Waals surface area contributed by atoms with Crippen LogP contribution in [0.3, 0.4) is 0 Å². The third-order valence-electron chi connectivity index (χ3n) is 1.89. The van der Waals surface area contributed by atoms with Gasteiger partial charge in [-0.2, -0.15) is 0 Å². The lowest BCUT2D eigenvalue weighted by atomic mass is 10.2. The Morgan fingerprint density at radius 1 is 1.19 bits per heavy atom. The molecular formula is C10H7ClF2N2O. The molecule has 0 bridgehead atoms. The molecule has 0 radical (unpaired) electrons. The van der Waals surface area contributed by atoms with E-state index in [2.05, 4.69) is 10.2 Å². The highest BCUT2D eigenvalue weighted by Crippen LogP contribution is 2.24. The maximum atomic E-state index is 12.9. The number of rotatable bonds is 2. The molecule has 1 aromatic heterocycles. The third kappa shape index (κ3) is 2.19. The first-order chi connectivity index (χ1) is 7.56. The average Bonchev–Trinajstić information content (AvgIpc) is 2.64. The SMILES string of the molecule is CC(Cl)c1nnc(-c2cc(F)cc(F)c2)o1. The standard InChI is InChI=1S/C10H7ClF2N2O/c1-5(11)9-14-15-10(16-9)6-2-7(12)4-8(13)3-6/h2-5H,1H3. The van der Waals surface area contributed by atoms with E-state index in [9.17, 15) is 8.78 Å². The highest BCUT2D eigenvalue weighted by molar-refractivity contribution is 6.20. The summed E-state index contributed by atoms with van der Waals surface area (Å²) >= 11 is 5.72. The summed E-state index contributed by atoms with van der Waals surface area (Å²) in [5.41, 5.74) is 0.188. The number of hydrogen-bond donors (Lipinski definition) is 0. The lowest BCUT2D eigenvalue weighted by Crippen LogP contribution is -1.84. The van der Waals surface area contributed by atoms with Crippen molar-refractivity contribution in [3.8, 4) is 11.5 Å². The minimum absolute atomic E-state index is 0.0425. The van der Waals surface area contributed by atoms with Crippen LogP contribution in [0, 0.1) is 11.6 Å². The maximum absolute atomic E-state index is 12.9. The highest BCUT2D eigenvalue weighted by atomic mass is 35.5. The Hall–Kier alpha value is -1.49. The van der Waals surface area contributed by atoms with Gasteiger partial charge >= 0.3 is 0 Å². The zero-order valence-electron chi connectivity index (χ0n) is 8.25. The van der Waals surface area contributed by atoms with E-state index in [0.717, 1.165) is 18.2 Å². The van der Waals surface area contributed by atoms with Gasteiger partial charge in [0, 0.05) is 11.6 Å². The number of aromatic nitrogens is 2. The Kier molecular flexibility index (Phi) is 2.87. The molecular weight excluding hydrogens is 238 g/mol. The molecule has 0 saturated heterocycles. The molecule has 6 heteroatoms. The molecule has 0 aliphatic rings. The molecule has 0 aliphatic carbocycles. The highest BCUT2D eigenvalue weighted by Gasteiger charge is 2.13. The fourth-order valence-corrected chi connectivity index (χ4v) is 1.28. The molecule has 0 aliphatic heterocycles. The summed E-state index contributed by atoms with van der Waals surface area (Å²) in [6, 6.07) is 2.99. The first kappa shape index (κ1) is 11.0. The molecule has 0 fully saturated rings. The monoisotopic (exact) mass is 244 g/mol. The normalized spacial score (nSPS) is 12.8. The van der Waals surface area contributed by atoms with E-state index in [-0.39, 0.29) is 17.3 Å². The lowest BCUT2D eigenvalue weighted by molar-refractivity contribution is 0.505. The second-order valence-corrected chi connectivity index (χ2v) is 3.87. The molecule has 1 aromatic carbocycles. The maximum Gasteiger partial charge on any atom is 0.248 e. The van der Waals surface area contributed by atoms with Gasteiger partial charge in [-0.3, -0.25) is 0 Å². The van der Waals surface area contributed by atoms with Crippen LogP contribution in [0.2, 0.25) is 0 Å². The average molecular weight is 245 g/mol. The summed E-state index contributed by atoms with van der Waals surface area (Å²) in [7, 11) is 0. The van der Waals surface area contributed by atoms with E-state index in [1.165, 1.54) is 0 Å². The van der Waals surface area contributed by atoms with Crippen LogP contribution < -0.4 is 0 Å². The van der Waals surface area contributed by atoms with Crippen LogP contribution in [0.1, 0.15) is 18.2 Å². The van der Waals surface area contributed by atoms with E-state index < -0.39 is 17.0 Å². The molecule has 0 N–H and O–H groups in total. The Labute approximate surface area is 95.1 Å². The van der Waals surface area contributed by atoms with Crippen molar-refractivity contribution >= 4 is 11.6 Å². The van der Waals surface area contributed by atoms with Crippen molar-refractivity contribution in [3.05, 3.63) is 35.7 Å². The minimum atomic E-state index is -0.700. The van der Waals surface area contributed by atoms with Crippen LogP contribution in [0.25, 0.3) is 11.5 Å². The van der Waals surface area contributed by atoms with Crippen molar-refractivity contribution in [1.29, 1.82) is 0 Å². The Bertz CT molecular complexity index is 493. The Balaban J connectivity index is 2.42. The van der Waals surface area contributed by atoms with Crippen molar-refractivity contribution < 1.29 is 13.2 Å². The fraction of sp³-hybridized carbons (Fsp3) is 0.200. The van der Waals surface area contributed by atoms with Crippen molar-refractivity contribution in [1.82, 2.24) is 10.2 Å². The number of alkyl halides is 1. The van der Waals surface area contributed by atoms with Crippen molar-refractivity contribution in [2.24, 2.45) is 0 Å². The van der Waals surface area contributed by atoms with Crippen LogP contribution in [0.4, 0.5) is 8.78 Å². The summed E-state index contributed by atoms with van der Waals surface area (Å²) in [5.74, 6) is -1.15. The third-order valence-corrected chi connectivity index (χ3v) is 2.08. The first-order valence-corrected chi connectivity index (χ1v) is 4.94. The van der Waals surface area contributed by atoms with E-state index in [1.807, 2.05) is 0 Å². The predicted octanol–water partition coefficient (Wildman–Crippen LogP) is 3.31. The summed E-state index contributed by atoms with van der Waals surface area (Å²) in [6.07, 6.45) is 0. The molecule has 1 unspecified atom stereocenters. The molecule has 1 atom stereocenters. The summed E-state index contributed by atoms with van der Waals surface area (Å²) in [6.45, 7) is 1.66. The van der Waals surface area contributed by atoms with Gasteiger partial charge in [-0.15, -0.1) is 21.8 Å². The van der Waals surface area contributed by atoms with Crippen LogP contribution >= 0.6 is 11.6 Å². The van der Waals surface area contributed by atoms with Gasteiger partial charge in [0.15, 0.2) is 0 Å². The Morgan fingerprint density at radius 2 is 1.81 bits per heavy atom. The lowest BCUT2D eigenvalue weighted by Gasteiger charge is -1.96. The topological polar surface area (TPSA) is 38.9 Å². The van der Waals surface area contributed by atoms with Crippen LogP contribution in [-0.4, -0.2) is 10.2 Å². The minimum Gasteiger partial charge on any atom is -0.419 e. The molecule has 2 aromatic rings. The second kappa shape index (κ2) is 4.17. The van der Waals surface area contributed by atoms with Gasteiger partial charge in [0.1, 0.15) is 17.0 Å². The molecule has 84 valence electrons. The van der Waals surface area contributed by atoms with Gasteiger partial charge < -0.3 is 4.42 Å². The molecule has 0 saturated carbocycles. The zero-order valence-corrected chi connectivity index (χ0v) is 9.00. The van der Waals surface area contributed by atoms with E-state index in [1.54, 1.807) is 6.92 Å². The first-order valence-electron chi connectivity index (χ1n) is 4.50. The van der Waals surface area contributed by atoms with E-state index in [0.29, 0.717) is 0 Å². The molecule has 3 nitrogen and oxygen atoms in total. The molecule has 16 heavy (non-hydrogen) atoms. The van der Waals surface area contributed by atoms with Crippen LogP contribution in [-0.2, 0) is 0 Å². The summed E-state index contributed by atoms with van der Waals surface area (Å²) in [5, 5.41) is 6.87. The molecule has 1 heterocycles. The number of halogens is 3. The van der Waals surface area contributed by atoms with E-state index >= 15 is 0 Å². The second-order valence-electron chi connectivity index (χ2n) is 3.22. The number of hydrogen-bond acceptors (Lipinski definition) is 3. The van der Waals surface area contributed by atoms with Crippen molar-refractivity contribution in [2.45, 2.75) is 12.3 Å².